The van der Waals surface area contributed by atoms with E-state index in [9.17, 15) is 4.79 Å². The van der Waals surface area contributed by atoms with E-state index in [0.29, 0.717) is 6.42 Å². The van der Waals surface area contributed by atoms with E-state index in [4.69, 9.17) is 5.26 Å². The Labute approximate surface area is 79.9 Å². The third kappa shape index (κ3) is 2.55. The molecular weight excluding hydrogens is 162 g/mol. The van der Waals surface area contributed by atoms with E-state index in [-0.39, 0.29) is 11.2 Å². The van der Waals surface area contributed by atoms with E-state index in [0.717, 1.165) is 31.6 Å². The molecule has 0 radical (unpaired) electrons. The van der Waals surface area contributed by atoms with Gasteiger partial charge in [0.25, 0.3) is 0 Å². The number of nitrogens with zero attached hydrogens (tertiary/aromatic N) is 1. The number of carbonyl (C=O) groups excluding carboxylic acids is 1. The molecule has 2 heteroatoms. The maximum absolute atomic E-state index is 11.0. The van der Waals surface area contributed by atoms with Crippen molar-refractivity contribution in [1.29, 1.82) is 5.26 Å². The van der Waals surface area contributed by atoms with Crippen LogP contribution in [0.2, 0.25) is 0 Å². The lowest BCUT2D eigenvalue weighted by atomic mass is 9.69. The fourth-order valence-corrected chi connectivity index (χ4v) is 2.12. The molecule has 0 bridgehead atoms. The highest BCUT2D eigenvalue weighted by atomic mass is 16.1. The number of nitriles is 1. The molecule has 0 heterocycles. The highest BCUT2D eigenvalue weighted by Gasteiger charge is 2.35. The van der Waals surface area contributed by atoms with Crippen LogP contribution in [-0.2, 0) is 4.79 Å². The van der Waals surface area contributed by atoms with E-state index in [2.05, 4.69) is 13.0 Å². The molecule has 0 spiro atoms. The van der Waals surface area contributed by atoms with Crippen molar-refractivity contribution >= 4 is 5.78 Å². The molecule has 2 nitrogen and oxygen atoms in total. The van der Waals surface area contributed by atoms with Crippen LogP contribution in [0.25, 0.3) is 0 Å². The Balaban J connectivity index is 2.62. The normalized spacial score (nSPS) is 33.8. The number of hydrogen-bond donors (Lipinski definition) is 0. The van der Waals surface area contributed by atoms with Crippen molar-refractivity contribution in [2.24, 2.45) is 11.3 Å². The molecule has 0 unspecified atom stereocenters. The first-order valence-electron chi connectivity index (χ1n) is 4.99. The molecule has 0 N–H and O–H groups in total. The molecule has 0 atom stereocenters. The molecule has 0 saturated heterocycles. The Morgan fingerprint density at radius 1 is 1.54 bits per heavy atom. The summed E-state index contributed by atoms with van der Waals surface area (Å²) in [7, 11) is 0. The van der Waals surface area contributed by atoms with Gasteiger partial charge in [-0.25, -0.2) is 0 Å². The van der Waals surface area contributed by atoms with Gasteiger partial charge in [0, 0.05) is 6.42 Å². The Morgan fingerprint density at radius 3 is 2.46 bits per heavy atom. The van der Waals surface area contributed by atoms with Gasteiger partial charge in [-0.1, -0.05) is 6.92 Å². The average molecular weight is 179 g/mol. The summed E-state index contributed by atoms with van der Waals surface area (Å²) >= 11 is 0. The Bertz CT molecular complexity index is 231. The van der Waals surface area contributed by atoms with Gasteiger partial charge in [-0.3, -0.25) is 4.79 Å². The summed E-state index contributed by atoms with van der Waals surface area (Å²) in [5, 5.41) is 9.07. The van der Waals surface area contributed by atoms with Gasteiger partial charge < -0.3 is 0 Å². The fourth-order valence-electron chi connectivity index (χ4n) is 2.12. The maximum Gasteiger partial charge on any atom is 0.131 e. The lowest BCUT2D eigenvalue weighted by Gasteiger charge is -2.32. The third-order valence-corrected chi connectivity index (χ3v) is 3.06. The van der Waals surface area contributed by atoms with Crippen LogP contribution in [0.3, 0.4) is 0 Å². The van der Waals surface area contributed by atoms with Crippen LogP contribution in [0.1, 0.15) is 46.0 Å². The van der Waals surface area contributed by atoms with Crippen molar-refractivity contribution in [1.82, 2.24) is 0 Å². The molecular formula is C11H17NO. The minimum Gasteiger partial charge on any atom is -0.300 e. The summed E-state index contributed by atoms with van der Waals surface area (Å²) in [6, 6.07) is 2.35. The van der Waals surface area contributed by atoms with Crippen molar-refractivity contribution < 1.29 is 4.79 Å². The standard InChI is InChI=1S/C11H17NO/c1-9-3-5-11(8-12,6-4-9)7-10(2)13/h9H,3-7H2,1-2H3. The summed E-state index contributed by atoms with van der Waals surface area (Å²) in [6.45, 7) is 3.80. The van der Waals surface area contributed by atoms with Gasteiger partial charge in [0.1, 0.15) is 5.78 Å². The van der Waals surface area contributed by atoms with E-state index < -0.39 is 0 Å². The van der Waals surface area contributed by atoms with Crippen molar-refractivity contribution in [3.63, 3.8) is 0 Å². The topological polar surface area (TPSA) is 40.9 Å². The lowest BCUT2D eigenvalue weighted by molar-refractivity contribution is -0.119. The van der Waals surface area contributed by atoms with Gasteiger partial charge in [-0.15, -0.1) is 0 Å². The lowest BCUT2D eigenvalue weighted by Crippen LogP contribution is -2.27. The highest BCUT2D eigenvalue weighted by Crippen LogP contribution is 2.40. The number of carbonyl (C=O) groups is 1. The zero-order valence-electron chi connectivity index (χ0n) is 8.47. The van der Waals surface area contributed by atoms with E-state index >= 15 is 0 Å². The quantitative estimate of drug-likeness (QED) is 0.654. The summed E-state index contributed by atoms with van der Waals surface area (Å²) in [6.07, 6.45) is 4.46. The zero-order valence-corrected chi connectivity index (χ0v) is 8.47. The Morgan fingerprint density at radius 2 is 2.08 bits per heavy atom. The average Bonchev–Trinajstić information content (AvgIpc) is 2.09. The molecule has 1 fully saturated rings. The number of Topliss-reactive ketones (excluding diaryl/α,β-unsaturated/α-hetero) is 1. The van der Waals surface area contributed by atoms with E-state index in [1.807, 2.05) is 0 Å². The second kappa shape index (κ2) is 3.91. The second-order valence-electron chi connectivity index (χ2n) is 4.45. The van der Waals surface area contributed by atoms with Crippen LogP contribution in [0, 0.1) is 22.7 Å². The van der Waals surface area contributed by atoms with Crippen molar-refractivity contribution in [3.05, 3.63) is 0 Å². The number of hydrogen-bond acceptors (Lipinski definition) is 2. The molecule has 1 aliphatic rings. The summed E-state index contributed by atoms with van der Waals surface area (Å²) in [5.41, 5.74) is -0.321. The third-order valence-electron chi connectivity index (χ3n) is 3.06. The van der Waals surface area contributed by atoms with Crippen LogP contribution in [0.4, 0.5) is 0 Å². The van der Waals surface area contributed by atoms with Gasteiger partial charge >= 0.3 is 0 Å². The molecule has 0 aromatic rings. The first-order chi connectivity index (χ1) is 6.08. The van der Waals surface area contributed by atoms with Gasteiger partial charge in [0.05, 0.1) is 11.5 Å². The van der Waals surface area contributed by atoms with Crippen LogP contribution in [0.5, 0.6) is 0 Å². The summed E-state index contributed by atoms with van der Waals surface area (Å²) in [4.78, 5) is 11.0. The number of ketones is 1. The first kappa shape index (κ1) is 10.2. The van der Waals surface area contributed by atoms with Gasteiger partial charge in [0.2, 0.25) is 0 Å². The molecule has 0 aromatic carbocycles. The predicted octanol–water partition coefficient (Wildman–Crippen LogP) is 2.69. The highest BCUT2D eigenvalue weighted by molar-refractivity contribution is 5.76. The molecule has 0 aromatic heterocycles. The Hall–Kier alpha value is -0.840. The fraction of sp³-hybridized carbons (Fsp3) is 0.818. The smallest absolute Gasteiger partial charge is 0.131 e. The van der Waals surface area contributed by atoms with E-state index in [1.165, 1.54) is 0 Å². The summed E-state index contributed by atoms with van der Waals surface area (Å²) in [5.74, 6) is 0.879. The maximum atomic E-state index is 11.0. The van der Waals surface area contributed by atoms with Gasteiger partial charge in [-0.2, -0.15) is 5.26 Å². The monoisotopic (exact) mass is 179 g/mol. The van der Waals surface area contributed by atoms with Crippen LogP contribution >= 0.6 is 0 Å². The van der Waals surface area contributed by atoms with Crippen LogP contribution in [0.15, 0.2) is 0 Å². The minimum atomic E-state index is -0.321. The molecule has 1 aliphatic carbocycles. The molecule has 1 rings (SSSR count). The van der Waals surface area contributed by atoms with E-state index in [1.54, 1.807) is 6.92 Å². The first-order valence-corrected chi connectivity index (χ1v) is 4.99. The van der Waals surface area contributed by atoms with Gasteiger partial charge in [0.15, 0.2) is 0 Å². The van der Waals surface area contributed by atoms with Crippen molar-refractivity contribution in [3.8, 4) is 6.07 Å². The van der Waals surface area contributed by atoms with Crippen molar-refractivity contribution in [2.75, 3.05) is 0 Å². The summed E-state index contributed by atoms with van der Waals surface area (Å²) < 4.78 is 0. The predicted molar refractivity (Wildman–Crippen MR) is 51.0 cm³/mol. The second-order valence-corrected chi connectivity index (χ2v) is 4.45. The Kier molecular flexibility index (Phi) is 3.08. The minimum absolute atomic E-state index is 0.149. The van der Waals surface area contributed by atoms with Gasteiger partial charge in [-0.05, 0) is 38.5 Å². The molecule has 1 saturated carbocycles. The molecule has 0 aliphatic heterocycles. The largest absolute Gasteiger partial charge is 0.300 e. The SMILES string of the molecule is CC(=O)CC1(C#N)CCC(C)CC1. The molecule has 0 amide bonds. The van der Waals surface area contributed by atoms with Crippen LogP contribution < -0.4 is 0 Å². The van der Waals surface area contributed by atoms with Crippen molar-refractivity contribution in [2.45, 2.75) is 46.0 Å². The zero-order chi connectivity index (χ0) is 9.90. The van der Waals surface area contributed by atoms with Crippen LogP contribution in [-0.4, -0.2) is 5.78 Å². The molecule has 13 heavy (non-hydrogen) atoms. The molecule has 72 valence electrons. The number of rotatable bonds is 2.